The van der Waals surface area contributed by atoms with Crippen LogP contribution in [0, 0.1) is 0 Å². The summed E-state index contributed by atoms with van der Waals surface area (Å²) in [6.07, 6.45) is 0.723. The fourth-order valence-corrected chi connectivity index (χ4v) is 1.85. The van der Waals surface area contributed by atoms with Gasteiger partial charge in [0.05, 0.1) is 7.11 Å². The molecule has 1 heterocycles. The molecule has 6 heteroatoms. The van der Waals surface area contributed by atoms with Gasteiger partial charge >= 0.3 is 0 Å². The Morgan fingerprint density at radius 1 is 1.19 bits per heavy atom. The molecule has 0 aliphatic rings. The molecule has 0 aliphatic heterocycles. The number of rotatable bonds is 8. The number of aryl methyl sites for hydroxylation is 1. The molecule has 0 fully saturated rings. The summed E-state index contributed by atoms with van der Waals surface area (Å²) in [7, 11) is 1.65. The predicted octanol–water partition coefficient (Wildman–Crippen LogP) is 2.33. The van der Waals surface area contributed by atoms with Crippen molar-refractivity contribution in [2.45, 2.75) is 33.4 Å². The highest BCUT2D eigenvalue weighted by Crippen LogP contribution is 2.25. The average Bonchev–Trinajstić information content (AvgIpc) is 2.99. The van der Waals surface area contributed by atoms with Crippen LogP contribution in [0.4, 0.5) is 0 Å². The molecule has 0 amide bonds. The number of benzene rings is 1. The molecule has 1 aromatic carbocycles. The van der Waals surface area contributed by atoms with Crippen LogP contribution >= 0.6 is 0 Å². The van der Waals surface area contributed by atoms with Crippen LogP contribution in [0.5, 0.6) is 11.5 Å². The van der Waals surface area contributed by atoms with Crippen molar-refractivity contribution in [1.29, 1.82) is 0 Å². The van der Waals surface area contributed by atoms with Crippen molar-refractivity contribution in [3.63, 3.8) is 0 Å². The maximum absolute atomic E-state index is 5.79. The van der Waals surface area contributed by atoms with Gasteiger partial charge in [-0.1, -0.05) is 13.8 Å². The lowest BCUT2D eigenvalue weighted by atomic mass is 10.2. The molecule has 0 aliphatic carbocycles. The van der Waals surface area contributed by atoms with Gasteiger partial charge in [-0.2, -0.15) is 0 Å². The summed E-state index contributed by atoms with van der Waals surface area (Å²) in [6.45, 7) is 5.90. The van der Waals surface area contributed by atoms with Gasteiger partial charge in [0, 0.05) is 18.5 Å². The zero-order chi connectivity index (χ0) is 15.1. The van der Waals surface area contributed by atoms with Crippen molar-refractivity contribution in [1.82, 2.24) is 15.5 Å². The monoisotopic (exact) mass is 291 g/mol. The SMILES string of the molecule is CCNCc1cc(OC)ccc1OCc1nnc(CC)o1. The first-order valence-electron chi connectivity index (χ1n) is 7.08. The highest BCUT2D eigenvalue weighted by molar-refractivity contribution is 5.40. The summed E-state index contributed by atoms with van der Waals surface area (Å²) in [4.78, 5) is 0. The van der Waals surface area contributed by atoms with Crippen LogP contribution in [0.25, 0.3) is 0 Å². The lowest BCUT2D eigenvalue weighted by Crippen LogP contribution is -2.13. The first-order chi connectivity index (χ1) is 10.3. The number of hydrogen-bond acceptors (Lipinski definition) is 6. The van der Waals surface area contributed by atoms with Crippen molar-refractivity contribution < 1.29 is 13.9 Å². The Bertz CT molecular complexity index is 569. The summed E-state index contributed by atoms with van der Waals surface area (Å²) in [5, 5.41) is 11.1. The molecule has 0 saturated heterocycles. The fourth-order valence-electron chi connectivity index (χ4n) is 1.85. The number of nitrogens with one attached hydrogen (secondary N) is 1. The van der Waals surface area contributed by atoms with E-state index in [4.69, 9.17) is 13.9 Å². The minimum absolute atomic E-state index is 0.262. The molecule has 2 rings (SSSR count). The first kappa shape index (κ1) is 15.3. The molecule has 0 spiro atoms. The highest BCUT2D eigenvalue weighted by Gasteiger charge is 2.09. The minimum Gasteiger partial charge on any atom is -0.497 e. The number of aromatic nitrogens is 2. The maximum Gasteiger partial charge on any atom is 0.253 e. The lowest BCUT2D eigenvalue weighted by molar-refractivity contribution is 0.256. The summed E-state index contributed by atoms with van der Waals surface area (Å²) < 4.78 is 16.5. The van der Waals surface area contributed by atoms with Gasteiger partial charge in [0.25, 0.3) is 5.89 Å². The van der Waals surface area contributed by atoms with Crippen LogP contribution in [0.15, 0.2) is 22.6 Å². The summed E-state index contributed by atoms with van der Waals surface area (Å²) in [6, 6.07) is 5.72. The standard InChI is InChI=1S/C15H21N3O3/c1-4-14-17-18-15(21-14)10-20-13-7-6-12(19-3)8-11(13)9-16-5-2/h6-8,16H,4-5,9-10H2,1-3H3. The van der Waals surface area contributed by atoms with Gasteiger partial charge in [-0.15, -0.1) is 10.2 Å². The van der Waals surface area contributed by atoms with E-state index in [9.17, 15) is 0 Å². The van der Waals surface area contributed by atoms with Crippen molar-refractivity contribution in [3.8, 4) is 11.5 Å². The first-order valence-corrected chi connectivity index (χ1v) is 7.08. The number of hydrogen-bond donors (Lipinski definition) is 1. The Labute approximate surface area is 124 Å². The van der Waals surface area contributed by atoms with Crippen LogP contribution in [0.1, 0.15) is 31.2 Å². The highest BCUT2D eigenvalue weighted by atomic mass is 16.5. The molecule has 0 atom stereocenters. The largest absolute Gasteiger partial charge is 0.497 e. The second kappa shape index (κ2) is 7.64. The summed E-state index contributed by atoms with van der Waals surface area (Å²) in [5.41, 5.74) is 1.03. The molecule has 114 valence electrons. The molecule has 6 nitrogen and oxygen atoms in total. The Morgan fingerprint density at radius 3 is 2.67 bits per heavy atom. The van der Waals surface area contributed by atoms with E-state index in [-0.39, 0.29) is 6.61 Å². The lowest BCUT2D eigenvalue weighted by Gasteiger charge is -2.12. The van der Waals surface area contributed by atoms with Gasteiger partial charge in [0.2, 0.25) is 5.89 Å². The summed E-state index contributed by atoms with van der Waals surface area (Å²) in [5.74, 6) is 2.70. The maximum atomic E-state index is 5.79. The molecule has 2 aromatic rings. The topological polar surface area (TPSA) is 69.4 Å². The molecule has 0 bridgehead atoms. The third-order valence-corrected chi connectivity index (χ3v) is 3.00. The predicted molar refractivity (Wildman–Crippen MR) is 78.4 cm³/mol. The van der Waals surface area contributed by atoms with E-state index < -0.39 is 0 Å². The quantitative estimate of drug-likeness (QED) is 0.805. The van der Waals surface area contributed by atoms with Crippen molar-refractivity contribution in [3.05, 3.63) is 35.5 Å². The van der Waals surface area contributed by atoms with E-state index in [0.29, 0.717) is 18.3 Å². The third kappa shape index (κ3) is 4.19. The van der Waals surface area contributed by atoms with Crippen LogP contribution in [-0.2, 0) is 19.6 Å². The molecule has 0 unspecified atom stereocenters. The smallest absolute Gasteiger partial charge is 0.253 e. The van der Waals surface area contributed by atoms with Gasteiger partial charge in [-0.3, -0.25) is 0 Å². The average molecular weight is 291 g/mol. The number of nitrogens with zero attached hydrogens (tertiary/aromatic N) is 2. The zero-order valence-electron chi connectivity index (χ0n) is 12.7. The molecule has 0 saturated carbocycles. The van der Waals surface area contributed by atoms with Gasteiger partial charge in [-0.05, 0) is 24.7 Å². The van der Waals surface area contributed by atoms with Gasteiger partial charge in [0.1, 0.15) is 11.5 Å². The van der Waals surface area contributed by atoms with Crippen molar-refractivity contribution in [2.75, 3.05) is 13.7 Å². The molecule has 1 N–H and O–H groups in total. The van der Waals surface area contributed by atoms with E-state index in [0.717, 1.165) is 30.0 Å². The van der Waals surface area contributed by atoms with E-state index in [1.165, 1.54) is 0 Å². The van der Waals surface area contributed by atoms with Crippen LogP contribution in [0.2, 0.25) is 0 Å². The Kier molecular flexibility index (Phi) is 5.57. The van der Waals surface area contributed by atoms with Gasteiger partial charge in [-0.25, -0.2) is 0 Å². The normalized spacial score (nSPS) is 10.6. The van der Waals surface area contributed by atoms with E-state index in [1.54, 1.807) is 7.11 Å². The second-order valence-electron chi connectivity index (χ2n) is 4.49. The Morgan fingerprint density at radius 2 is 2.00 bits per heavy atom. The third-order valence-electron chi connectivity index (χ3n) is 3.00. The minimum atomic E-state index is 0.262. The molecule has 1 aromatic heterocycles. The van der Waals surface area contributed by atoms with E-state index in [1.807, 2.05) is 25.1 Å². The molecule has 21 heavy (non-hydrogen) atoms. The number of methoxy groups -OCH3 is 1. The van der Waals surface area contributed by atoms with Gasteiger partial charge in [0.15, 0.2) is 6.61 Å². The van der Waals surface area contributed by atoms with Crippen LogP contribution in [-0.4, -0.2) is 23.9 Å². The van der Waals surface area contributed by atoms with Crippen molar-refractivity contribution in [2.24, 2.45) is 0 Å². The van der Waals surface area contributed by atoms with Crippen LogP contribution < -0.4 is 14.8 Å². The molecular weight excluding hydrogens is 270 g/mol. The molecule has 0 radical (unpaired) electrons. The Hall–Kier alpha value is -2.08. The fraction of sp³-hybridized carbons (Fsp3) is 0.467. The van der Waals surface area contributed by atoms with E-state index in [2.05, 4.69) is 22.4 Å². The van der Waals surface area contributed by atoms with Crippen molar-refractivity contribution >= 4 is 0 Å². The molecular formula is C15H21N3O3. The van der Waals surface area contributed by atoms with E-state index >= 15 is 0 Å². The van der Waals surface area contributed by atoms with Crippen LogP contribution in [0.3, 0.4) is 0 Å². The summed E-state index contributed by atoms with van der Waals surface area (Å²) >= 11 is 0. The second-order valence-corrected chi connectivity index (χ2v) is 4.49. The zero-order valence-corrected chi connectivity index (χ0v) is 12.7. The number of ether oxygens (including phenoxy) is 2. The Balaban J connectivity index is 2.06. The van der Waals surface area contributed by atoms with Gasteiger partial charge < -0.3 is 19.2 Å².